The van der Waals surface area contributed by atoms with Gasteiger partial charge in [-0.25, -0.2) is 26.7 Å². The summed E-state index contributed by atoms with van der Waals surface area (Å²) in [6, 6.07) is 3.92. The smallest absolute Gasteiger partial charge is 0.242 e. The molecule has 1 fully saturated rings. The number of anilines is 1. The lowest BCUT2D eigenvalue weighted by Crippen LogP contribution is -2.37. The first-order valence-corrected chi connectivity index (χ1v) is 13.7. The highest BCUT2D eigenvalue weighted by Crippen LogP contribution is 2.40. The number of primary sulfonamides is 1. The Labute approximate surface area is 201 Å². The summed E-state index contributed by atoms with van der Waals surface area (Å²) in [7, 11) is -8.84. The number of nitrogens with two attached hydrogens (primary N) is 1. The molecule has 0 aliphatic carbocycles. The van der Waals surface area contributed by atoms with Crippen LogP contribution < -0.4 is 20.1 Å². The summed E-state index contributed by atoms with van der Waals surface area (Å²) in [6.45, 7) is 1.79. The van der Waals surface area contributed by atoms with Crippen LogP contribution in [0, 0.1) is 0 Å². The topological polar surface area (TPSA) is 209 Å². The summed E-state index contributed by atoms with van der Waals surface area (Å²) >= 11 is 0. The van der Waals surface area contributed by atoms with E-state index in [1.165, 1.54) is 18.3 Å². The Morgan fingerprint density at radius 3 is 2.74 bits per heavy atom. The first-order valence-electron chi connectivity index (χ1n) is 10.7. The summed E-state index contributed by atoms with van der Waals surface area (Å²) in [5.74, 6) is -0.119. The van der Waals surface area contributed by atoms with Gasteiger partial charge < -0.3 is 15.3 Å². The lowest BCUT2D eigenvalue weighted by Gasteiger charge is -2.32. The second-order valence-electron chi connectivity index (χ2n) is 8.35. The molecule has 186 valence electrons. The normalized spacial score (nSPS) is 18.5. The SMILES string of the molecule is NS(=O)(=O)c1c(S(=O)(=O)N[C@@H]2CCNC2)ccc(N2CCc3ncc(O)cc3C2)c1-c1nn[nH]n1. The predicted molar refractivity (Wildman–Crippen MR) is 123 cm³/mol. The Kier molecular flexibility index (Phi) is 5.92. The molecule has 35 heavy (non-hydrogen) atoms. The van der Waals surface area contributed by atoms with Crippen LogP contribution in [-0.4, -0.2) is 73.2 Å². The molecule has 1 atom stereocenters. The minimum absolute atomic E-state index is 0.00290. The third-order valence-corrected chi connectivity index (χ3v) is 8.68. The number of tetrazole rings is 1. The highest BCUT2D eigenvalue weighted by atomic mass is 32.2. The van der Waals surface area contributed by atoms with Crippen LogP contribution in [0.4, 0.5) is 5.69 Å². The fourth-order valence-corrected chi connectivity index (χ4v) is 7.32. The zero-order valence-electron chi connectivity index (χ0n) is 18.3. The number of sulfonamides is 2. The Balaban J connectivity index is 1.68. The lowest BCUT2D eigenvalue weighted by atomic mass is 10.0. The fraction of sp³-hybridized carbons (Fsp3) is 0.368. The molecule has 5 rings (SSSR count). The number of pyridine rings is 1. The molecular formula is C19H23N9O5S2. The molecule has 0 bridgehead atoms. The maximum atomic E-state index is 13.3. The van der Waals surface area contributed by atoms with Gasteiger partial charge in [0.25, 0.3) is 0 Å². The molecular weight excluding hydrogens is 498 g/mol. The number of aromatic amines is 1. The third kappa shape index (κ3) is 4.57. The van der Waals surface area contributed by atoms with Crippen molar-refractivity contribution < 1.29 is 21.9 Å². The molecule has 0 saturated carbocycles. The molecule has 14 nitrogen and oxygen atoms in total. The van der Waals surface area contributed by atoms with Gasteiger partial charge in [0, 0.05) is 43.5 Å². The van der Waals surface area contributed by atoms with Gasteiger partial charge in [0.1, 0.15) is 15.5 Å². The molecule has 1 saturated heterocycles. The summed E-state index contributed by atoms with van der Waals surface area (Å²) in [5.41, 5.74) is 1.83. The van der Waals surface area contributed by atoms with Crippen LogP contribution in [0.5, 0.6) is 5.75 Å². The number of aromatic nitrogens is 5. The van der Waals surface area contributed by atoms with Crippen LogP contribution in [0.15, 0.2) is 34.2 Å². The third-order valence-electron chi connectivity index (χ3n) is 5.99. The van der Waals surface area contributed by atoms with Crippen LogP contribution in [0.2, 0.25) is 0 Å². The van der Waals surface area contributed by atoms with Crippen molar-refractivity contribution in [1.82, 2.24) is 35.6 Å². The van der Waals surface area contributed by atoms with Crippen LogP contribution in [0.25, 0.3) is 11.4 Å². The zero-order chi connectivity index (χ0) is 24.8. The van der Waals surface area contributed by atoms with Gasteiger partial charge in [-0.05, 0) is 41.9 Å². The molecule has 2 aromatic heterocycles. The van der Waals surface area contributed by atoms with Gasteiger partial charge in [-0.1, -0.05) is 0 Å². The molecule has 6 N–H and O–H groups in total. The Morgan fingerprint density at radius 1 is 1.23 bits per heavy atom. The van der Waals surface area contributed by atoms with E-state index >= 15 is 0 Å². The van der Waals surface area contributed by atoms with Gasteiger partial charge in [-0.2, -0.15) is 5.21 Å². The number of nitrogens with zero attached hydrogens (tertiary/aromatic N) is 5. The monoisotopic (exact) mass is 521 g/mol. The predicted octanol–water partition coefficient (Wildman–Crippen LogP) is -1.18. The van der Waals surface area contributed by atoms with E-state index in [2.05, 4.69) is 35.6 Å². The van der Waals surface area contributed by atoms with Crippen molar-refractivity contribution in [2.75, 3.05) is 24.5 Å². The van der Waals surface area contributed by atoms with Crippen molar-refractivity contribution >= 4 is 25.7 Å². The van der Waals surface area contributed by atoms with Gasteiger partial charge >= 0.3 is 0 Å². The average molecular weight is 522 g/mol. The standard InChI is InChI=1S/C19H23N9O5S2/c20-34(30,31)18-16(35(32,33)25-12-3-5-21-8-12)2-1-15(17(18)19-23-26-27-24-19)28-6-4-14-11(10-28)7-13(29)9-22-14/h1-2,7,9,12,21,25,29H,3-6,8,10H2,(H2,20,30,31)(H,23,24,26,27)/t12-/m1/s1. The van der Waals surface area contributed by atoms with Crippen molar-refractivity contribution in [3.63, 3.8) is 0 Å². The lowest BCUT2D eigenvalue weighted by molar-refractivity contribution is 0.470. The number of H-pyrrole nitrogens is 1. The van der Waals surface area contributed by atoms with Crippen LogP contribution >= 0.6 is 0 Å². The number of fused-ring (bicyclic) bond motifs is 1. The fourth-order valence-electron chi connectivity index (χ4n) is 4.45. The minimum atomic E-state index is -4.57. The van der Waals surface area contributed by atoms with E-state index in [9.17, 15) is 21.9 Å². The number of aromatic hydroxyl groups is 1. The number of hydrogen-bond acceptors (Lipinski definition) is 11. The minimum Gasteiger partial charge on any atom is -0.506 e. The number of hydrogen-bond donors (Lipinski definition) is 5. The van der Waals surface area contributed by atoms with E-state index in [0.717, 1.165) is 11.3 Å². The van der Waals surface area contributed by atoms with E-state index in [1.807, 2.05) is 4.90 Å². The van der Waals surface area contributed by atoms with Crippen molar-refractivity contribution in [1.29, 1.82) is 0 Å². The van der Waals surface area contributed by atoms with Gasteiger partial charge in [-0.3, -0.25) is 4.98 Å². The maximum absolute atomic E-state index is 13.3. The van der Waals surface area contributed by atoms with Gasteiger partial charge in [0.05, 0.1) is 11.8 Å². The largest absolute Gasteiger partial charge is 0.506 e. The zero-order valence-corrected chi connectivity index (χ0v) is 20.0. The molecule has 0 unspecified atom stereocenters. The Morgan fingerprint density at radius 2 is 2.06 bits per heavy atom. The van der Waals surface area contributed by atoms with E-state index in [-0.39, 0.29) is 29.7 Å². The van der Waals surface area contributed by atoms with Crippen molar-refractivity contribution in [2.45, 2.75) is 35.2 Å². The average Bonchev–Trinajstić information content (AvgIpc) is 3.51. The number of nitrogens with one attached hydrogen (secondary N) is 3. The molecule has 2 aliphatic rings. The Hall–Kier alpha value is -3.18. The van der Waals surface area contributed by atoms with E-state index < -0.39 is 29.8 Å². The first-order chi connectivity index (χ1) is 16.6. The Bertz CT molecular complexity index is 1470. The van der Waals surface area contributed by atoms with Crippen molar-refractivity contribution in [3.8, 4) is 17.1 Å². The molecule has 1 aromatic carbocycles. The molecule has 3 aromatic rings. The second kappa shape index (κ2) is 8.80. The van der Waals surface area contributed by atoms with Crippen molar-refractivity contribution in [2.24, 2.45) is 5.14 Å². The highest BCUT2D eigenvalue weighted by molar-refractivity contribution is 7.92. The van der Waals surface area contributed by atoms with Gasteiger partial charge in [-0.15, -0.1) is 10.2 Å². The van der Waals surface area contributed by atoms with E-state index in [0.29, 0.717) is 38.2 Å². The summed E-state index contributed by atoms with van der Waals surface area (Å²) in [6.07, 6.45) is 2.45. The van der Waals surface area contributed by atoms with Crippen LogP contribution in [0.3, 0.4) is 0 Å². The van der Waals surface area contributed by atoms with E-state index in [4.69, 9.17) is 5.14 Å². The highest BCUT2D eigenvalue weighted by Gasteiger charge is 2.35. The molecule has 0 spiro atoms. The second-order valence-corrected chi connectivity index (χ2v) is 11.5. The molecule has 4 heterocycles. The molecule has 2 aliphatic heterocycles. The van der Waals surface area contributed by atoms with E-state index in [1.54, 1.807) is 6.07 Å². The number of benzene rings is 1. The van der Waals surface area contributed by atoms with Crippen molar-refractivity contribution in [3.05, 3.63) is 35.7 Å². The summed E-state index contributed by atoms with van der Waals surface area (Å²) < 4.78 is 54.9. The molecule has 0 radical (unpaired) electrons. The van der Waals surface area contributed by atoms with Crippen LogP contribution in [-0.2, 0) is 33.0 Å². The first kappa shape index (κ1) is 23.6. The molecule has 0 amide bonds. The van der Waals surface area contributed by atoms with Gasteiger partial charge in [0.15, 0.2) is 0 Å². The quantitative estimate of drug-likeness (QED) is 0.260. The van der Waals surface area contributed by atoms with Gasteiger partial charge in [0.2, 0.25) is 25.9 Å². The summed E-state index contributed by atoms with van der Waals surface area (Å²) in [4.78, 5) is 4.96. The molecule has 16 heteroatoms. The number of rotatable bonds is 6. The van der Waals surface area contributed by atoms with Crippen LogP contribution in [0.1, 0.15) is 17.7 Å². The summed E-state index contributed by atoms with van der Waals surface area (Å²) in [5, 5.41) is 32.2. The maximum Gasteiger partial charge on any atom is 0.242 e.